The highest BCUT2D eigenvalue weighted by Gasteiger charge is 2.30. The normalized spacial score (nSPS) is 13.8. The van der Waals surface area contributed by atoms with Crippen molar-refractivity contribution in [1.29, 1.82) is 0 Å². The molecule has 0 saturated carbocycles. The Hall–Kier alpha value is -1.27. The molecule has 0 saturated heterocycles. The SMILES string of the molecule is CCN(CC(O)c1ccc(OC(C)C)cc1)CC(F)(F)F. The van der Waals surface area contributed by atoms with Crippen LogP contribution < -0.4 is 4.74 Å². The van der Waals surface area contributed by atoms with Crippen molar-refractivity contribution in [3.8, 4) is 5.75 Å². The Morgan fingerprint density at radius 3 is 2.19 bits per heavy atom. The second kappa shape index (κ2) is 7.66. The molecule has 0 bridgehead atoms. The van der Waals surface area contributed by atoms with E-state index < -0.39 is 18.8 Å². The molecule has 6 heteroatoms. The van der Waals surface area contributed by atoms with Crippen LogP contribution in [0.3, 0.4) is 0 Å². The number of rotatable bonds is 7. The molecule has 0 aliphatic heterocycles. The van der Waals surface area contributed by atoms with E-state index in [0.29, 0.717) is 11.3 Å². The van der Waals surface area contributed by atoms with Gasteiger partial charge in [0, 0.05) is 6.54 Å². The van der Waals surface area contributed by atoms with Crippen LogP contribution in [0.4, 0.5) is 13.2 Å². The van der Waals surface area contributed by atoms with Crippen molar-refractivity contribution in [2.24, 2.45) is 0 Å². The minimum absolute atomic E-state index is 0.0446. The number of nitrogens with zero attached hydrogens (tertiary/aromatic N) is 1. The van der Waals surface area contributed by atoms with Crippen LogP contribution in [0.15, 0.2) is 24.3 Å². The Kier molecular flexibility index (Phi) is 6.48. The Labute approximate surface area is 123 Å². The fourth-order valence-electron chi connectivity index (χ4n) is 1.95. The highest BCUT2D eigenvalue weighted by atomic mass is 19.4. The number of hydrogen-bond acceptors (Lipinski definition) is 3. The maximum absolute atomic E-state index is 12.4. The van der Waals surface area contributed by atoms with Crippen molar-refractivity contribution in [3.05, 3.63) is 29.8 Å². The standard InChI is InChI=1S/C15H22F3NO2/c1-4-19(10-15(16,17)18)9-14(20)12-5-7-13(8-6-12)21-11(2)3/h5-8,11,14,20H,4,9-10H2,1-3H3. The molecule has 1 N–H and O–H groups in total. The first-order valence-corrected chi connectivity index (χ1v) is 6.95. The van der Waals surface area contributed by atoms with Crippen molar-refractivity contribution in [3.63, 3.8) is 0 Å². The van der Waals surface area contributed by atoms with Crippen molar-refractivity contribution in [2.45, 2.75) is 39.2 Å². The van der Waals surface area contributed by atoms with E-state index >= 15 is 0 Å². The van der Waals surface area contributed by atoms with Crippen LogP contribution in [0, 0.1) is 0 Å². The summed E-state index contributed by atoms with van der Waals surface area (Å²) in [5.74, 6) is 0.670. The minimum atomic E-state index is -4.26. The summed E-state index contributed by atoms with van der Waals surface area (Å²) >= 11 is 0. The molecule has 1 atom stereocenters. The third-order valence-electron chi connectivity index (χ3n) is 2.92. The van der Waals surface area contributed by atoms with Crippen LogP contribution in [0.25, 0.3) is 0 Å². The number of aliphatic hydroxyl groups is 1. The second-order valence-corrected chi connectivity index (χ2v) is 5.19. The summed E-state index contributed by atoms with van der Waals surface area (Å²) in [6, 6.07) is 6.75. The van der Waals surface area contributed by atoms with Crippen LogP contribution in [0.5, 0.6) is 5.75 Å². The lowest BCUT2D eigenvalue weighted by Crippen LogP contribution is -2.36. The second-order valence-electron chi connectivity index (χ2n) is 5.19. The third-order valence-corrected chi connectivity index (χ3v) is 2.92. The molecule has 3 nitrogen and oxygen atoms in total. The summed E-state index contributed by atoms with van der Waals surface area (Å²) in [6.45, 7) is 4.59. The summed E-state index contributed by atoms with van der Waals surface area (Å²) in [4.78, 5) is 1.17. The first kappa shape index (κ1) is 17.8. The molecule has 0 amide bonds. The number of ether oxygens (including phenoxy) is 1. The number of aliphatic hydroxyl groups excluding tert-OH is 1. The Balaban J connectivity index is 2.63. The minimum Gasteiger partial charge on any atom is -0.491 e. The number of benzene rings is 1. The summed E-state index contributed by atoms with van der Waals surface area (Å²) in [5, 5.41) is 10.0. The average Bonchev–Trinajstić information content (AvgIpc) is 2.36. The highest BCUT2D eigenvalue weighted by molar-refractivity contribution is 5.28. The van der Waals surface area contributed by atoms with E-state index in [1.807, 2.05) is 13.8 Å². The van der Waals surface area contributed by atoms with Crippen molar-refractivity contribution in [2.75, 3.05) is 19.6 Å². The Morgan fingerprint density at radius 2 is 1.76 bits per heavy atom. The van der Waals surface area contributed by atoms with Crippen LogP contribution in [-0.4, -0.2) is 41.9 Å². The average molecular weight is 305 g/mol. The highest BCUT2D eigenvalue weighted by Crippen LogP contribution is 2.22. The van der Waals surface area contributed by atoms with Gasteiger partial charge in [-0.2, -0.15) is 13.2 Å². The largest absolute Gasteiger partial charge is 0.491 e. The van der Waals surface area contributed by atoms with E-state index in [2.05, 4.69) is 0 Å². The summed E-state index contributed by atoms with van der Waals surface area (Å²) in [7, 11) is 0. The predicted octanol–water partition coefficient (Wildman–Crippen LogP) is 3.39. The molecule has 0 radical (unpaired) electrons. The molecule has 0 spiro atoms. The van der Waals surface area contributed by atoms with Crippen molar-refractivity contribution < 1.29 is 23.0 Å². The number of likely N-dealkylation sites (N-methyl/N-ethyl adjacent to an activating group) is 1. The van der Waals surface area contributed by atoms with E-state index in [1.54, 1.807) is 31.2 Å². The van der Waals surface area contributed by atoms with Crippen LogP contribution >= 0.6 is 0 Å². The molecule has 120 valence electrons. The van der Waals surface area contributed by atoms with E-state index in [9.17, 15) is 18.3 Å². The molecule has 1 aromatic carbocycles. The number of hydrogen-bond donors (Lipinski definition) is 1. The van der Waals surface area contributed by atoms with Gasteiger partial charge in [-0.25, -0.2) is 0 Å². The van der Waals surface area contributed by atoms with Crippen LogP contribution in [0.1, 0.15) is 32.4 Å². The Bertz CT molecular complexity index is 418. The van der Waals surface area contributed by atoms with Gasteiger partial charge in [-0.15, -0.1) is 0 Å². The molecule has 1 unspecified atom stereocenters. The van der Waals surface area contributed by atoms with Crippen LogP contribution in [0.2, 0.25) is 0 Å². The molecule has 0 aliphatic carbocycles. The summed E-state index contributed by atoms with van der Waals surface area (Å²) in [6.07, 6.45) is -5.17. The molecule has 1 aromatic rings. The van der Waals surface area contributed by atoms with E-state index in [0.717, 1.165) is 0 Å². The lowest BCUT2D eigenvalue weighted by Gasteiger charge is -2.24. The monoisotopic (exact) mass is 305 g/mol. The fourth-order valence-corrected chi connectivity index (χ4v) is 1.95. The van der Waals surface area contributed by atoms with Gasteiger partial charge in [0.15, 0.2) is 0 Å². The molecular weight excluding hydrogens is 283 g/mol. The first-order chi connectivity index (χ1) is 9.71. The predicted molar refractivity (Wildman–Crippen MR) is 75.3 cm³/mol. The van der Waals surface area contributed by atoms with Crippen LogP contribution in [-0.2, 0) is 0 Å². The molecule has 0 heterocycles. The number of halogens is 3. The zero-order valence-corrected chi connectivity index (χ0v) is 12.5. The molecule has 0 fully saturated rings. The Morgan fingerprint density at radius 1 is 1.19 bits per heavy atom. The zero-order valence-electron chi connectivity index (χ0n) is 12.5. The van der Waals surface area contributed by atoms with Gasteiger partial charge in [0.1, 0.15) is 5.75 Å². The molecule has 1 rings (SSSR count). The zero-order chi connectivity index (χ0) is 16.0. The van der Waals surface area contributed by atoms with Gasteiger partial charge in [-0.3, -0.25) is 4.90 Å². The van der Waals surface area contributed by atoms with E-state index in [1.165, 1.54) is 4.90 Å². The van der Waals surface area contributed by atoms with Gasteiger partial charge in [-0.1, -0.05) is 19.1 Å². The van der Waals surface area contributed by atoms with Gasteiger partial charge in [0.2, 0.25) is 0 Å². The molecule has 0 aliphatic rings. The topological polar surface area (TPSA) is 32.7 Å². The first-order valence-electron chi connectivity index (χ1n) is 6.95. The van der Waals surface area contributed by atoms with E-state index in [-0.39, 0.29) is 19.2 Å². The van der Waals surface area contributed by atoms with Crippen molar-refractivity contribution >= 4 is 0 Å². The van der Waals surface area contributed by atoms with Gasteiger partial charge in [-0.05, 0) is 38.1 Å². The molecular formula is C15H22F3NO2. The maximum atomic E-state index is 12.4. The smallest absolute Gasteiger partial charge is 0.401 e. The van der Waals surface area contributed by atoms with Gasteiger partial charge in [0.05, 0.1) is 18.8 Å². The quantitative estimate of drug-likeness (QED) is 0.838. The maximum Gasteiger partial charge on any atom is 0.401 e. The van der Waals surface area contributed by atoms with Crippen molar-refractivity contribution in [1.82, 2.24) is 4.90 Å². The van der Waals surface area contributed by atoms with Gasteiger partial charge in [0.25, 0.3) is 0 Å². The van der Waals surface area contributed by atoms with E-state index in [4.69, 9.17) is 4.74 Å². The lowest BCUT2D eigenvalue weighted by molar-refractivity contribution is -0.148. The van der Waals surface area contributed by atoms with Gasteiger partial charge < -0.3 is 9.84 Å². The lowest BCUT2D eigenvalue weighted by atomic mass is 10.1. The number of alkyl halides is 3. The summed E-state index contributed by atoms with van der Waals surface area (Å²) < 4.78 is 42.6. The molecule has 21 heavy (non-hydrogen) atoms. The molecule has 0 aromatic heterocycles. The summed E-state index contributed by atoms with van der Waals surface area (Å²) in [5.41, 5.74) is 0.576. The van der Waals surface area contributed by atoms with Gasteiger partial charge >= 0.3 is 6.18 Å². The fraction of sp³-hybridized carbons (Fsp3) is 0.600. The third kappa shape index (κ3) is 6.82.